The Kier molecular flexibility index (Phi) is 7.12. The molecule has 1 rings (SSSR count). The van der Waals surface area contributed by atoms with E-state index in [9.17, 15) is 0 Å². The summed E-state index contributed by atoms with van der Waals surface area (Å²) in [7, 11) is 0. The molecule has 1 aromatic rings. The Hall–Kier alpha value is -1.13. The fourth-order valence-electron chi connectivity index (χ4n) is 2.37. The number of halogens is 1. The van der Waals surface area contributed by atoms with Crippen LogP contribution in [0.4, 0.5) is 0 Å². The molecular weight excluding hydrogens is 280 g/mol. The van der Waals surface area contributed by atoms with Gasteiger partial charge in [0.2, 0.25) is 0 Å². The van der Waals surface area contributed by atoms with E-state index in [4.69, 9.17) is 16.3 Å². The summed E-state index contributed by atoms with van der Waals surface area (Å²) in [5.74, 6) is 8.45. The molecule has 0 amide bonds. The standard InChI is InChI=1S/C19H27ClO/c1-7-9-10-14(5)15(6)18-12-16(20)11-17(13(3)4)19(18)21-8-2/h11-15H,7-8H2,1-6H3. The van der Waals surface area contributed by atoms with Gasteiger partial charge in [0.25, 0.3) is 0 Å². The maximum atomic E-state index is 6.33. The summed E-state index contributed by atoms with van der Waals surface area (Å²) in [6.07, 6.45) is 0.891. The number of ether oxygens (including phenoxy) is 1. The molecule has 0 aliphatic rings. The molecule has 0 radical (unpaired) electrons. The Bertz CT molecular complexity index is 522. The molecule has 0 N–H and O–H groups in total. The molecular formula is C19H27ClO. The topological polar surface area (TPSA) is 9.23 Å². The largest absolute Gasteiger partial charge is 0.493 e. The van der Waals surface area contributed by atoms with Crippen molar-refractivity contribution >= 4 is 11.6 Å². The highest BCUT2D eigenvalue weighted by Gasteiger charge is 2.21. The molecule has 1 nitrogen and oxygen atoms in total. The third-order valence-electron chi connectivity index (χ3n) is 3.77. The molecule has 0 spiro atoms. The van der Waals surface area contributed by atoms with Crippen molar-refractivity contribution in [2.45, 2.75) is 59.8 Å². The average molecular weight is 307 g/mol. The first-order valence-electron chi connectivity index (χ1n) is 7.86. The van der Waals surface area contributed by atoms with Gasteiger partial charge in [0.1, 0.15) is 5.75 Å². The van der Waals surface area contributed by atoms with Crippen LogP contribution in [0.2, 0.25) is 5.02 Å². The third-order valence-corrected chi connectivity index (χ3v) is 3.99. The lowest BCUT2D eigenvalue weighted by Gasteiger charge is -2.23. The molecule has 2 atom stereocenters. The monoisotopic (exact) mass is 306 g/mol. The van der Waals surface area contributed by atoms with Crippen molar-refractivity contribution in [3.8, 4) is 17.6 Å². The average Bonchev–Trinajstić information content (AvgIpc) is 2.45. The van der Waals surface area contributed by atoms with Gasteiger partial charge < -0.3 is 4.74 Å². The van der Waals surface area contributed by atoms with E-state index in [1.165, 1.54) is 11.1 Å². The number of hydrogen-bond acceptors (Lipinski definition) is 1. The zero-order valence-electron chi connectivity index (χ0n) is 14.1. The van der Waals surface area contributed by atoms with E-state index in [0.717, 1.165) is 17.2 Å². The first-order chi connectivity index (χ1) is 9.92. The molecule has 1 aromatic carbocycles. The molecule has 0 saturated heterocycles. The zero-order valence-corrected chi connectivity index (χ0v) is 14.8. The summed E-state index contributed by atoms with van der Waals surface area (Å²) in [6.45, 7) is 13.5. The molecule has 0 fully saturated rings. The van der Waals surface area contributed by atoms with Crippen LogP contribution in [0.5, 0.6) is 5.75 Å². The van der Waals surface area contributed by atoms with Crippen LogP contribution >= 0.6 is 11.6 Å². The van der Waals surface area contributed by atoms with Gasteiger partial charge in [-0.1, -0.05) is 52.1 Å². The van der Waals surface area contributed by atoms with Crippen molar-refractivity contribution in [2.75, 3.05) is 6.61 Å². The Morgan fingerprint density at radius 3 is 2.24 bits per heavy atom. The van der Waals surface area contributed by atoms with Crippen LogP contribution in [-0.2, 0) is 0 Å². The summed E-state index contributed by atoms with van der Waals surface area (Å²) in [4.78, 5) is 0. The predicted molar refractivity (Wildman–Crippen MR) is 92.4 cm³/mol. The van der Waals surface area contributed by atoms with Crippen LogP contribution in [0.15, 0.2) is 12.1 Å². The van der Waals surface area contributed by atoms with E-state index in [1.807, 2.05) is 19.1 Å². The van der Waals surface area contributed by atoms with Gasteiger partial charge in [-0.25, -0.2) is 0 Å². The number of hydrogen-bond donors (Lipinski definition) is 0. The molecule has 0 heterocycles. The molecule has 0 aliphatic heterocycles. The van der Waals surface area contributed by atoms with Crippen molar-refractivity contribution in [1.29, 1.82) is 0 Å². The summed E-state index contributed by atoms with van der Waals surface area (Å²) < 4.78 is 5.95. The molecule has 21 heavy (non-hydrogen) atoms. The van der Waals surface area contributed by atoms with E-state index in [0.29, 0.717) is 18.4 Å². The van der Waals surface area contributed by atoms with E-state index in [1.54, 1.807) is 0 Å². The second-order valence-electron chi connectivity index (χ2n) is 5.75. The Morgan fingerprint density at radius 1 is 1.10 bits per heavy atom. The second-order valence-corrected chi connectivity index (χ2v) is 6.19. The maximum Gasteiger partial charge on any atom is 0.126 e. The third kappa shape index (κ3) is 4.68. The predicted octanol–water partition coefficient (Wildman–Crippen LogP) is 6.02. The van der Waals surface area contributed by atoms with Crippen molar-refractivity contribution in [1.82, 2.24) is 0 Å². The van der Waals surface area contributed by atoms with Crippen LogP contribution in [0.25, 0.3) is 0 Å². The minimum atomic E-state index is 0.280. The van der Waals surface area contributed by atoms with Crippen LogP contribution in [-0.4, -0.2) is 6.61 Å². The molecule has 0 aromatic heterocycles. The smallest absolute Gasteiger partial charge is 0.126 e. The van der Waals surface area contributed by atoms with E-state index < -0.39 is 0 Å². The van der Waals surface area contributed by atoms with Gasteiger partial charge in [0.15, 0.2) is 0 Å². The Balaban J connectivity index is 3.32. The highest BCUT2D eigenvalue weighted by molar-refractivity contribution is 6.30. The summed E-state index contributed by atoms with van der Waals surface area (Å²) in [6, 6.07) is 4.06. The van der Waals surface area contributed by atoms with Crippen molar-refractivity contribution < 1.29 is 4.74 Å². The molecule has 2 unspecified atom stereocenters. The van der Waals surface area contributed by atoms with Crippen molar-refractivity contribution in [2.24, 2.45) is 5.92 Å². The van der Waals surface area contributed by atoms with Gasteiger partial charge >= 0.3 is 0 Å². The van der Waals surface area contributed by atoms with Gasteiger partial charge in [-0.15, -0.1) is 5.92 Å². The number of rotatable bonds is 5. The van der Waals surface area contributed by atoms with E-state index in [-0.39, 0.29) is 5.92 Å². The van der Waals surface area contributed by atoms with Crippen LogP contribution in [0, 0.1) is 17.8 Å². The fourth-order valence-corrected chi connectivity index (χ4v) is 2.61. The summed E-state index contributed by atoms with van der Waals surface area (Å²) >= 11 is 6.33. The first kappa shape index (κ1) is 17.9. The van der Waals surface area contributed by atoms with Gasteiger partial charge in [-0.2, -0.15) is 0 Å². The minimum absolute atomic E-state index is 0.280. The highest BCUT2D eigenvalue weighted by atomic mass is 35.5. The lowest BCUT2D eigenvalue weighted by molar-refractivity contribution is 0.327. The summed E-state index contributed by atoms with van der Waals surface area (Å²) in [5.41, 5.74) is 2.35. The first-order valence-corrected chi connectivity index (χ1v) is 8.24. The Labute approximate surface area is 135 Å². The van der Waals surface area contributed by atoms with Crippen LogP contribution in [0.3, 0.4) is 0 Å². The maximum absolute atomic E-state index is 6.33. The minimum Gasteiger partial charge on any atom is -0.493 e. The Morgan fingerprint density at radius 2 is 1.71 bits per heavy atom. The zero-order chi connectivity index (χ0) is 16.0. The molecule has 0 aliphatic carbocycles. The van der Waals surface area contributed by atoms with Crippen molar-refractivity contribution in [3.05, 3.63) is 28.3 Å². The molecule has 116 valence electrons. The lowest BCUT2D eigenvalue weighted by atomic mass is 9.86. The molecule has 2 heteroatoms. The van der Waals surface area contributed by atoms with Gasteiger partial charge in [0, 0.05) is 17.4 Å². The second kappa shape index (κ2) is 8.35. The molecule has 0 saturated carbocycles. The van der Waals surface area contributed by atoms with Gasteiger partial charge in [-0.3, -0.25) is 0 Å². The van der Waals surface area contributed by atoms with E-state index >= 15 is 0 Å². The van der Waals surface area contributed by atoms with E-state index in [2.05, 4.69) is 46.5 Å². The number of benzene rings is 1. The fraction of sp³-hybridized carbons (Fsp3) is 0.579. The van der Waals surface area contributed by atoms with Gasteiger partial charge in [0.05, 0.1) is 6.61 Å². The summed E-state index contributed by atoms with van der Waals surface area (Å²) in [5, 5.41) is 0.777. The van der Waals surface area contributed by atoms with Crippen molar-refractivity contribution in [3.63, 3.8) is 0 Å². The quantitative estimate of drug-likeness (QED) is 0.605. The lowest BCUT2D eigenvalue weighted by Crippen LogP contribution is -2.09. The normalized spacial score (nSPS) is 13.5. The van der Waals surface area contributed by atoms with Gasteiger partial charge in [-0.05, 0) is 42.0 Å². The van der Waals surface area contributed by atoms with Crippen LogP contribution in [0.1, 0.15) is 70.9 Å². The SMILES string of the molecule is CCC#CC(C)C(C)c1cc(Cl)cc(C(C)C)c1OCC. The highest BCUT2D eigenvalue weighted by Crippen LogP contribution is 2.39. The van der Waals surface area contributed by atoms with Crippen LogP contribution < -0.4 is 4.74 Å². The molecule has 0 bridgehead atoms.